The van der Waals surface area contributed by atoms with Crippen LogP contribution >= 0.6 is 0 Å². The van der Waals surface area contributed by atoms with Gasteiger partial charge in [0.15, 0.2) is 0 Å². The molecule has 1 fully saturated rings. The number of rotatable bonds is 6. The van der Waals surface area contributed by atoms with Crippen molar-refractivity contribution in [3.63, 3.8) is 0 Å². The van der Waals surface area contributed by atoms with Gasteiger partial charge in [-0.05, 0) is 76.4 Å². The molecule has 1 aliphatic carbocycles. The molecule has 0 aromatic heterocycles. The second-order valence-electron chi connectivity index (χ2n) is 12.7. The average molecular weight is 489 g/mol. The van der Waals surface area contributed by atoms with Crippen molar-refractivity contribution in [2.45, 2.75) is 116 Å². The Labute approximate surface area is 207 Å². The van der Waals surface area contributed by atoms with E-state index in [-0.39, 0.29) is 22.8 Å². The quantitative estimate of drug-likeness (QED) is 0.321. The van der Waals surface area contributed by atoms with Gasteiger partial charge in [0.05, 0.1) is 12.0 Å². The Morgan fingerprint density at radius 2 is 1.82 bits per heavy atom. The van der Waals surface area contributed by atoms with Crippen LogP contribution in [0.1, 0.15) is 98.1 Å². The molecule has 34 heavy (non-hydrogen) atoms. The predicted octanol–water partition coefficient (Wildman–Crippen LogP) is 6.93. The summed E-state index contributed by atoms with van der Waals surface area (Å²) in [5, 5.41) is 0.00203. The highest BCUT2D eigenvalue weighted by molar-refractivity contribution is 6.74. The third kappa shape index (κ3) is 4.93. The average Bonchev–Trinajstić information content (AvgIpc) is 2.69. The molecule has 0 unspecified atom stereocenters. The number of fused-ring (bicyclic) bond motifs is 3. The lowest BCUT2D eigenvalue weighted by molar-refractivity contribution is -0.149. The number of benzene rings is 1. The first-order valence-electron chi connectivity index (χ1n) is 12.8. The zero-order chi connectivity index (χ0) is 25.7. The lowest BCUT2D eigenvalue weighted by atomic mass is 9.66. The van der Waals surface area contributed by atoms with Gasteiger partial charge in [0.2, 0.25) is 8.32 Å². The number of hydrogen-bond donors (Lipinski definition) is 0. The topological polar surface area (TPSA) is 61.8 Å². The lowest BCUT2D eigenvalue weighted by Crippen LogP contribution is -2.48. The summed E-state index contributed by atoms with van der Waals surface area (Å²) < 4.78 is 19.1. The summed E-state index contributed by atoms with van der Waals surface area (Å²) in [6, 6.07) is 4.00. The van der Waals surface area contributed by atoms with E-state index < -0.39 is 19.3 Å². The predicted molar refractivity (Wildman–Crippen MR) is 138 cm³/mol. The van der Waals surface area contributed by atoms with Crippen molar-refractivity contribution >= 4 is 20.1 Å². The summed E-state index contributed by atoms with van der Waals surface area (Å²) in [5.41, 5.74) is 0.557. The van der Waals surface area contributed by atoms with E-state index in [2.05, 4.69) is 47.7 Å². The van der Waals surface area contributed by atoms with Crippen molar-refractivity contribution in [2.75, 3.05) is 6.61 Å². The van der Waals surface area contributed by atoms with E-state index in [1.54, 1.807) is 0 Å². The van der Waals surface area contributed by atoms with Crippen LogP contribution in [-0.4, -0.2) is 32.3 Å². The van der Waals surface area contributed by atoms with E-state index in [1.165, 1.54) is 0 Å². The van der Waals surface area contributed by atoms with Gasteiger partial charge in [-0.2, -0.15) is 0 Å². The monoisotopic (exact) mass is 488 g/mol. The molecule has 1 aromatic carbocycles. The van der Waals surface area contributed by atoms with Crippen LogP contribution < -0.4 is 9.16 Å². The summed E-state index contributed by atoms with van der Waals surface area (Å²) >= 11 is 0. The van der Waals surface area contributed by atoms with Gasteiger partial charge in [-0.3, -0.25) is 9.59 Å². The SMILES string of the molecule is CCCOC(=O)C(C)(C)c1cc2c(c(O[Si](C)(C)C(C)(C)C)c1)[C@@H]1CC(=O)CC[C@H]1C(C)(C)O2. The molecule has 0 amide bonds. The van der Waals surface area contributed by atoms with Crippen LogP contribution in [0.15, 0.2) is 12.1 Å². The first kappa shape index (κ1) is 26.8. The van der Waals surface area contributed by atoms with Crippen LogP contribution in [0, 0.1) is 5.92 Å². The molecule has 190 valence electrons. The van der Waals surface area contributed by atoms with Crippen molar-refractivity contribution in [1.82, 2.24) is 0 Å². The lowest BCUT2D eigenvalue weighted by Gasteiger charge is -2.48. The van der Waals surface area contributed by atoms with Gasteiger partial charge in [0.25, 0.3) is 0 Å². The molecule has 0 spiro atoms. The highest BCUT2D eigenvalue weighted by Gasteiger charge is 2.49. The molecule has 0 radical (unpaired) electrons. The van der Waals surface area contributed by atoms with Gasteiger partial charge >= 0.3 is 5.97 Å². The van der Waals surface area contributed by atoms with E-state index in [0.29, 0.717) is 25.2 Å². The minimum atomic E-state index is -2.20. The first-order chi connectivity index (χ1) is 15.5. The van der Waals surface area contributed by atoms with Crippen LogP contribution in [0.25, 0.3) is 0 Å². The Morgan fingerprint density at radius 3 is 2.41 bits per heavy atom. The molecule has 6 heteroatoms. The molecule has 2 atom stereocenters. The van der Waals surface area contributed by atoms with Crippen molar-refractivity contribution < 1.29 is 23.5 Å². The van der Waals surface area contributed by atoms with Crippen LogP contribution in [-0.2, 0) is 19.7 Å². The van der Waals surface area contributed by atoms with Gasteiger partial charge in [0, 0.05) is 30.2 Å². The highest BCUT2D eigenvalue weighted by atomic mass is 28.4. The number of carbonyl (C=O) groups is 2. The third-order valence-corrected chi connectivity index (χ3v) is 12.6. The van der Waals surface area contributed by atoms with Gasteiger partial charge in [-0.15, -0.1) is 0 Å². The zero-order valence-corrected chi connectivity index (χ0v) is 23.9. The summed E-state index contributed by atoms with van der Waals surface area (Å²) in [7, 11) is -2.20. The van der Waals surface area contributed by atoms with Crippen LogP contribution in [0.3, 0.4) is 0 Å². The zero-order valence-electron chi connectivity index (χ0n) is 22.9. The molecule has 5 nitrogen and oxygen atoms in total. The molecule has 1 aliphatic heterocycles. The fourth-order valence-electron chi connectivity index (χ4n) is 4.92. The molecular formula is C28H44O5Si. The van der Waals surface area contributed by atoms with Gasteiger partial charge in [-0.25, -0.2) is 0 Å². The maximum Gasteiger partial charge on any atom is 0.315 e. The molecule has 2 aliphatic rings. The van der Waals surface area contributed by atoms with Crippen LogP contribution in [0.5, 0.6) is 11.5 Å². The van der Waals surface area contributed by atoms with Crippen molar-refractivity contribution in [2.24, 2.45) is 5.92 Å². The second kappa shape index (κ2) is 9.00. The standard InChI is InChI=1S/C28H44O5Si/c1-11-14-31-25(30)27(5,6)18-15-22-24(23(16-18)33-34(9,10)26(2,3)4)20-17-19(29)12-13-21(20)28(7,8)32-22/h15-16,20-21H,11-14,17H2,1-10H3/t20-,21-/m1/s1. The molecule has 1 saturated carbocycles. The van der Waals surface area contributed by atoms with Gasteiger partial charge < -0.3 is 13.9 Å². The first-order valence-corrected chi connectivity index (χ1v) is 15.7. The molecule has 1 aromatic rings. The van der Waals surface area contributed by atoms with Crippen molar-refractivity contribution in [1.29, 1.82) is 0 Å². The van der Waals surface area contributed by atoms with E-state index in [4.69, 9.17) is 13.9 Å². The second-order valence-corrected chi connectivity index (χ2v) is 17.4. The Morgan fingerprint density at radius 1 is 1.18 bits per heavy atom. The fraction of sp³-hybridized carbons (Fsp3) is 0.714. The van der Waals surface area contributed by atoms with E-state index in [0.717, 1.165) is 35.5 Å². The fourth-order valence-corrected chi connectivity index (χ4v) is 5.94. The van der Waals surface area contributed by atoms with Crippen LogP contribution in [0.4, 0.5) is 0 Å². The van der Waals surface area contributed by atoms with Crippen LogP contribution in [0.2, 0.25) is 18.1 Å². The molecule has 0 N–H and O–H groups in total. The highest BCUT2D eigenvalue weighted by Crippen LogP contribution is 2.55. The Balaban J connectivity index is 2.20. The molecule has 1 heterocycles. The summed E-state index contributed by atoms with van der Waals surface area (Å²) in [6.07, 6.45) is 2.72. The number of carbonyl (C=O) groups excluding carboxylic acids is 2. The largest absolute Gasteiger partial charge is 0.543 e. The Kier molecular flexibility index (Phi) is 7.08. The minimum absolute atomic E-state index is 0.00203. The Bertz CT molecular complexity index is 954. The number of ether oxygens (including phenoxy) is 2. The van der Waals surface area contributed by atoms with E-state index >= 15 is 0 Å². The summed E-state index contributed by atoms with van der Waals surface area (Å²) in [5.74, 6) is 1.86. The van der Waals surface area contributed by atoms with Crippen molar-refractivity contribution in [3.05, 3.63) is 23.3 Å². The maximum atomic E-state index is 13.0. The molecule has 0 bridgehead atoms. The summed E-state index contributed by atoms with van der Waals surface area (Å²) in [6.45, 7) is 21.5. The molecule has 0 saturated heterocycles. The number of esters is 1. The smallest absolute Gasteiger partial charge is 0.315 e. The number of ketones is 1. The van der Waals surface area contributed by atoms with Gasteiger partial charge in [0.1, 0.15) is 22.9 Å². The van der Waals surface area contributed by atoms with E-state index in [9.17, 15) is 9.59 Å². The number of hydrogen-bond acceptors (Lipinski definition) is 5. The summed E-state index contributed by atoms with van der Waals surface area (Å²) in [4.78, 5) is 25.6. The third-order valence-electron chi connectivity index (χ3n) is 8.25. The normalized spacial score (nSPS) is 22.4. The molecule has 3 rings (SSSR count). The van der Waals surface area contributed by atoms with Gasteiger partial charge in [-0.1, -0.05) is 27.7 Å². The molecular weight excluding hydrogens is 444 g/mol. The number of Topliss-reactive ketones (excluding diaryl/α,β-unsaturated/α-hetero) is 1. The van der Waals surface area contributed by atoms with Crippen molar-refractivity contribution in [3.8, 4) is 11.5 Å². The van der Waals surface area contributed by atoms with E-state index in [1.807, 2.05) is 32.9 Å². The Hall–Kier alpha value is -1.82. The maximum absolute atomic E-state index is 13.0. The minimum Gasteiger partial charge on any atom is -0.543 e.